The number of hydrogen-bond acceptors (Lipinski definition) is 9. The average Bonchev–Trinajstić information content (AvgIpc) is 2.56. The first kappa shape index (κ1) is 24.2. The SMILES string of the molecule is CCC1C(C(=O)OCC(=O)[O-])=C(C)NC(C)=C1C(=O)OCC(=O)OC.[Na+]. The molecule has 9 nitrogen and oxygen atoms in total. The molecule has 0 aromatic carbocycles. The number of aliphatic carboxylic acids is 1. The van der Waals surface area contributed by atoms with Crippen LogP contribution in [0.4, 0.5) is 0 Å². The smallest absolute Gasteiger partial charge is 0.546 e. The maximum Gasteiger partial charge on any atom is 1.00 e. The molecule has 0 radical (unpaired) electrons. The van der Waals surface area contributed by atoms with Crippen LogP contribution in [0.25, 0.3) is 0 Å². The third kappa shape index (κ3) is 6.15. The first-order chi connectivity index (χ1) is 11.7. The van der Waals surface area contributed by atoms with E-state index in [0.29, 0.717) is 17.8 Å². The van der Waals surface area contributed by atoms with Crippen LogP contribution in [-0.4, -0.2) is 44.2 Å². The number of hydrogen-bond donors (Lipinski definition) is 1. The zero-order valence-electron chi connectivity index (χ0n) is 15.5. The number of carboxylic acid groups (broad SMARTS) is 1. The molecule has 0 bridgehead atoms. The second-order valence-corrected chi connectivity index (χ2v) is 5.26. The number of dihydropyridines is 1. The number of carbonyl (C=O) groups excluding carboxylic acids is 4. The molecule has 1 aliphatic rings. The third-order valence-corrected chi connectivity index (χ3v) is 3.60. The quantitative estimate of drug-likeness (QED) is 0.269. The number of allylic oxidation sites excluding steroid dienone is 2. The van der Waals surface area contributed by atoms with Crippen molar-refractivity contribution in [2.75, 3.05) is 20.3 Å². The minimum atomic E-state index is -1.53. The van der Waals surface area contributed by atoms with Crippen LogP contribution < -0.4 is 40.0 Å². The van der Waals surface area contributed by atoms with Crippen molar-refractivity contribution in [1.82, 2.24) is 5.32 Å². The number of esters is 3. The van der Waals surface area contributed by atoms with E-state index in [9.17, 15) is 24.3 Å². The van der Waals surface area contributed by atoms with Gasteiger partial charge in [0, 0.05) is 17.3 Å². The second kappa shape index (κ2) is 11.0. The maximum absolute atomic E-state index is 12.3. The third-order valence-electron chi connectivity index (χ3n) is 3.60. The van der Waals surface area contributed by atoms with Crippen LogP contribution in [0, 0.1) is 5.92 Å². The first-order valence-electron chi connectivity index (χ1n) is 7.52. The zero-order chi connectivity index (χ0) is 19.1. The van der Waals surface area contributed by atoms with Crippen molar-refractivity contribution in [2.45, 2.75) is 27.2 Å². The molecule has 1 rings (SSSR count). The zero-order valence-corrected chi connectivity index (χ0v) is 17.5. The Morgan fingerprint density at radius 1 is 1.00 bits per heavy atom. The van der Waals surface area contributed by atoms with E-state index in [1.54, 1.807) is 20.8 Å². The van der Waals surface area contributed by atoms with E-state index in [2.05, 4.69) is 14.8 Å². The molecule has 0 aromatic rings. The van der Waals surface area contributed by atoms with Gasteiger partial charge in [0.15, 0.2) is 6.61 Å². The van der Waals surface area contributed by atoms with Crippen LogP contribution in [-0.2, 0) is 33.4 Å². The summed E-state index contributed by atoms with van der Waals surface area (Å²) in [5.41, 5.74) is 1.20. The fourth-order valence-corrected chi connectivity index (χ4v) is 2.55. The molecule has 0 aromatic heterocycles. The Kier molecular flexibility index (Phi) is 10.2. The standard InChI is InChI=1S/C16H21NO8.Na/c1-5-10-13(15(21)24-6-11(18)19)8(2)17-9(3)14(10)16(22)25-7-12(20)23-4;/h10,17H,5-7H2,1-4H3,(H,18,19);/q;+1/p-1. The molecule has 0 saturated heterocycles. The van der Waals surface area contributed by atoms with Crippen molar-refractivity contribution in [3.63, 3.8) is 0 Å². The van der Waals surface area contributed by atoms with Gasteiger partial charge in [-0.15, -0.1) is 0 Å². The molecule has 0 fully saturated rings. The van der Waals surface area contributed by atoms with E-state index < -0.39 is 43.0 Å². The number of nitrogens with one attached hydrogen (secondary N) is 1. The van der Waals surface area contributed by atoms with Gasteiger partial charge in [0.25, 0.3) is 0 Å². The van der Waals surface area contributed by atoms with Gasteiger partial charge in [-0.3, -0.25) is 0 Å². The van der Waals surface area contributed by atoms with Gasteiger partial charge in [-0.25, -0.2) is 14.4 Å². The summed E-state index contributed by atoms with van der Waals surface area (Å²) >= 11 is 0. The van der Waals surface area contributed by atoms with E-state index in [1.807, 2.05) is 0 Å². The molecular weight excluding hydrogens is 357 g/mol. The van der Waals surface area contributed by atoms with Gasteiger partial charge in [0.05, 0.1) is 24.2 Å². The van der Waals surface area contributed by atoms with E-state index in [0.717, 1.165) is 7.11 Å². The second-order valence-electron chi connectivity index (χ2n) is 5.26. The van der Waals surface area contributed by atoms with Crippen molar-refractivity contribution < 1.29 is 68.1 Å². The number of methoxy groups -OCH3 is 1. The topological polar surface area (TPSA) is 131 Å². The van der Waals surface area contributed by atoms with Crippen LogP contribution in [0.15, 0.2) is 22.5 Å². The molecule has 26 heavy (non-hydrogen) atoms. The van der Waals surface area contributed by atoms with Gasteiger partial charge in [-0.2, -0.15) is 0 Å². The van der Waals surface area contributed by atoms with E-state index in [1.165, 1.54) is 0 Å². The molecule has 10 heteroatoms. The Labute approximate surface area is 173 Å². The van der Waals surface area contributed by atoms with Gasteiger partial charge in [-0.1, -0.05) is 6.92 Å². The van der Waals surface area contributed by atoms with Crippen molar-refractivity contribution in [2.24, 2.45) is 5.92 Å². The number of carbonyl (C=O) groups is 4. The number of carboxylic acids is 1. The monoisotopic (exact) mass is 377 g/mol. The van der Waals surface area contributed by atoms with Crippen LogP contribution in [0.5, 0.6) is 0 Å². The van der Waals surface area contributed by atoms with Crippen molar-refractivity contribution in [3.05, 3.63) is 22.5 Å². The molecule has 1 unspecified atom stereocenters. The van der Waals surface area contributed by atoms with E-state index in [-0.39, 0.29) is 40.7 Å². The Balaban J connectivity index is 0.00000625. The van der Waals surface area contributed by atoms with Gasteiger partial charge in [0.1, 0.15) is 6.61 Å². The molecule has 1 heterocycles. The summed E-state index contributed by atoms with van der Waals surface area (Å²) in [5, 5.41) is 13.3. The molecule has 1 aliphatic heterocycles. The Bertz CT molecular complexity index is 653. The summed E-state index contributed by atoms with van der Waals surface area (Å²) in [4.78, 5) is 46.1. The number of rotatable bonds is 7. The predicted molar refractivity (Wildman–Crippen MR) is 81.3 cm³/mol. The van der Waals surface area contributed by atoms with E-state index in [4.69, 9.17) is 4.74 Å². The molecule has 0 amide bonds. The first-order valence-corrected chi connectivity index (χ1v) is 7.52. The summed E-state index contributed by atoms with van der Waals surface area (Å²) in [5.74, 6) is -4.57. The average molecular weight is 377 g/mol. The van der Waals surface area contributed by atoms with Gasteiger partial charge >= 0.3 is 47.5 Å². The summed E-state index contributed by atoms with van der Waals surface area (Å²) in [7, 11) is 1.16. The Morgan fingerprint density at radius 2 is 1.46 bits per heavy atom. The Hall–Kier alpha value is -1.84. The van der Waals surface area contributed by atoms with Gasteiger partial charge in [0.2, 0.25) is 0 Å². The minimum Gasteiger partial charge on any atom is -0.546 e. The maximum atomic E-state index is 12.3. The fourth-order valence-electron chi connectivity index (χ4n) is 2.55. The van der Waals surface area contributed by atoms with Gasteiger partial charge in [-0.05, 0) is 20.3 Å². The molecule has 0 spiro atoms. The van der Waals surface area contributed by atoms with Crippen LogP contribution in [0.1, 0.15) is 27.2 Å². The summed E-state index contributed by atoms with van der Waals surface area (Å²) in [6.07, 6.45) is 0.356. The van der Waals surface area contributed by atoms with Crippen molar-refractivity contribution >= 4 is 23.9 Å². The normalized spacial score (nSPS) is 16.2. The molecule has 1 atom stereocenters. The molecule has 1 N–H and O–H groups in total. The van der Waals surface area contributed by atoms with Crippen LogP contribution >= 0.6 is 0 Å². The van der Waals surface area contributed by atoms with Crippen LogP contribution in [0.2, 0.25) is 0 Å². The summed E-state index contributed by atoms with van der Waals surface area (Å²) in [6, 6.07) is 0. The summed E-state index contributed by atoms with van der Waals surface area (Å²) < 4.78 is 14.0. The fraction of sp³-hybridized carbons (Fsp3) is 0.500. The van der Waals surface area contributed by atoms with Crippen LogP contribution in [0.3, 0.4) is 0 Å². The predicted octanol–water partition coefficient (Wildman–Crippen LogP) is -3.82. The molecule has 0 aliphatic carbocycles. The summed E-state index contributed by atoms with van der Waals surface area (Å²) in [6.45, 7) is 3.53. The Morgan fingerprint density at radius 3 is 1.85 bits per heavy atom. The van der Waals surface area contributed by atoms with Crippen molar-refractivity contribution in [1.29, 1.82) is 0 Å². The number of ether oxygens (including phenoxy) is 3. The van der Waals surface area contributed by atoms with Crippen molar-refractivity contribution in [3.8, 4) is 0 Å². The van der Waals surface area contributed by atoms with Gasteiger partial charge < -0.3 is 29.4 Å². The molecule has 138 valence electrons. The van der Waals surface area contributed by atoms with E-state index >= 15 is 0 Å². The molecular formula is C16H20NNaO8. The molecule has 0 saturated carbocycles. The minimum absolute atomic E-state index is 0. The largest absolute Gasteiger partial charge is 1.00 e.